The van der Waals surface area contributed by atoms with Crippen molar-refractivity contribution in [1.29, 1.82) is 0 Å². The molecule has 4 heteroatoms. The number of likely N-dealkylation sites (tertiary alicyclic amines) is 1. The van der Waals surface area contributed by atoms with Gasteiger partial charge in [0.1, 0.15) is 5.60 Å². The lowest BCUT2D eigenvalue weighted by molar-refractivity contribution is 0.0266. The third-order valence-corrected chi connectivity index (χ3v) is 3.89. The van der Waals surface area contributed by atoms with E-state index in [-0.39, 0.29) is 6.09 Å². The number of ether oxygens (including phenoxy) is 2. The molecule has 0 spiro atoms. The number of nitrogens with zero attached hydrogens (tertiary/aromatic N) is 1. The first-order valence-corrected chi connectivity index (χ1v) is 6.92. The number of carbonyl (C=O) groups excluding carboxylic acids is 1. The molecule has 3 atom stereocenters. The van der Waals surface area contributed by atoms with Crippen LogP contribution in [-0.2, 0) is 9.47 Å². The molecule has 0 aromatic heterocycles. The third-order valence-electron chi connectivity index (χ3n) is 3.89. The molecule has 0 aromatic carbocycles. The molecule has 1 amide bonds. The maximum Gasteiger partial charge on any atom is 0.410 e. The molecule has 0 bridgehead atoms. The van der Waals surface area contributed by atoms with Crippen LogP contribution in [0.5, 0.6) is 0 Å². The number of amides is 1. The van der Waals surface area contributed by atoms with Crippen LogP contribution in [-0.4, -0.2) is 42.9 Å². The van der Waals surface area contributed by atoms with Crippen LogP contribution in [0, 0.1) is 17.8 Å². The molecule has 2 saturated heterocycles. The van der Waals surface area contributed by atoms with Crippen molar-refractivity contribution in [1.82, 2.24) is 4.90 Å². The molecule has 0 aromatic rings. The van der Waals surface area contributed by atoms with Gasteiger partial charge in [-0.25, -0.2) is 4.79 Å². The van der Waals surface area contributed by atoms with Gasteiger partial charge in [-0.05, 0) is 44.9 Å². The van der Waals surface area contributed by atoms with E-state index in [1.807, 2.05) is 25.7 Å². The van der Waals surface area contributed by atoms with Crippen LogP contribution in [0.15, 0.2) is 0 Å². The van der Waals surface area contributed by atoms with Crippen LogP contribution in [0.2, 0.25) is 0 Å². The lowest BCUT2D eigenvalue weighted by Crippen LogP contribution is -2.36. The minimum atomic E-state index is -0.406. The highest BCUT2D eigenvalue weighted by Crippen LogP contribution is 2.35. The van der Waals surface area contributed by atoms with E-state index in [4.69, 9.17) is 9.47 Å². The summed E-state index contributed by atoms with van der Waals surface area (Å²) in [5.41, 5.74) is -0.406. The van der Waals surface area contributed by atoms with Crippen LogP contribution in [0.3, 0.4) is 0 Å². The first-order chi connectivity index (χ1) is 8.37. The molecule has 2 aliphatic heterocycles. The zero-order chi connectivity index (χ0) is 13.3. The largest absolute Gasteiger partial charge is 0.444 e. The molecule has 0 N–H and O–H groups in total. The van der Waals surface area contributed by atoms with Crippen molar-refractivity contribution >= 4 is 6.09 Å². The van der Waals surface area contributed by atoms with E-state index >= 15 is 0 Å². The normalized spacial score (nSPS) is 32.9. The first-order valence-electron chi connectivity index (χ1n) is 6.92. The monoisotopic (exact) mass is 255 g/mol. The number of carbonyl (C=O) groups is 1. The Morgan fingerprint density at radius 2 is 2.06 bits per heavy atom. The summed E-state index contributed by atoms with van der Waals surface area (Å²) in [5.74, 6) is 1.68. The molecule has 2 aliphatic rings. The molecule has 0 radical (unpaired) electrons. The topological polar surface area (TPSA) is 38.8 Å². The summed E-state index contributed by atoms with van der Waals surface area (Å²) in [6, 6.07) is 0. The van der Waals surface area contributed by atoms with Gasteiger partial charge >= 0.3 is 6.09 Å². The summed E-state index contributed by atoms with van der Waals surface area (Å²) >= 11 is 0. The van der Waals surface area contributed by atoms with Gasteiger partial charge in [0, 0.05) is 26.3 Å². The van der Waals surface area contributed by atoms with Crippen LogP contribution >= 0.6 is 0 Å². The van der Waals surface area contributed by atoms with E-state index < -0.39 is 5.60 Å². The lowest BCUT2D eigenvalue weighted by Gasteiger charge is -2.25. The van der Waals surface area contributed by atoms with E-state index in [1.54, 1.807) is 0 Å². The van der Waals surface area contributed by atoms with Gasteiger partial charge in [-0.2, -0.15) is 0 Å². The zero-order valence-corrected chi connectivity index (χ0v) is 11.9. The van der Waals surface area contributed by atoms with Crippen molar-refractivity contribution in [3.05, 3.63) is 0 Å². The maximum atomic E-state index is 12.1. The summed E-state index contributed by atoms with van der Waals surface area (Å²) in [6.45, 7) is 11.3. The number of fused-ring (bicyclic) bond motifs is 1. The quantitative estimate of drug-likeness (QED) is 0.667. The highest BCUT2D eigenvalue weighted by Gasteiger charge is 2.40. The minimum absolute atomic E-state index is 0.163. The maximum absolute atomic E-state index is 12.1. The molecular weight excluding hydrogens is 230 g/mol. The summed E-state index contributed by atoms with van der Waals surface area (Å²) in [7, 11) is 0. The Kier molecular flexibility index (Phi) is 3.85. The van der Waals surface area contributed by atoms with Crippen LogP contribution in [0.4, 0.5) is 4.79 Å². The van der Waals surface area contributed by atoms with Crippen LogP contribution in [0.25, 0.3) is 0 Å². The SMILES string of the molecule is CC1COCCC2CN(C(=O)OC(C)(C)C)CC12. The Morgan fingerprint density at radius 1 is 1.33 bits per heavy atom. The second-order valence-electron chi connectivity index (χ2n) is 6.65. The first kappa shape index (κ1) is 13.7. The molecule has 104 valence electrons. The van der Waals surface area contributed by atoms with Gasteiger partial charge in [0.15, 0.2) is 0 Å². The Balaban J connectivity index is 1.96. The predicted molar refractivity (Wildman–Crippen MR) is 69.4 cm³/mol. The van der Waals surface area contributed by atoms with Crippen molar-refractivity contribution in [2.24, 2.45) is 17.8 Å². The average molecular weight is 255 g/mol. The van der Waals surface area contributed by atoms with Gasteiger partial charge in [-0.15, -0.1) is 0 Å². The van der Waals surface area contributed by atoms with Gasteiger partial charge in [-0.3, -0.25) is 0 Å². The molecule has 3 unspecified atom stereocenters. The van der Waals surface area contributed by atoms with Crippen LogP contribution < -0.4 is 0 Å². The minimum Gasteiger partial charge on any atom is -0.444 e. The van der Waals surface area contributed by atoms with Crippen molar-refractivity contribution in [3.63, 3.8) is 0 Å². The van der Waals surface area contributed by atoms with E-state index in [9.17, 15) is 4.79 Å². The standard InChI is InChI=1S/C14H25NO3/c1-10-9-17-6-5-11-7-15(8-12(10)11)13(16)18-14(2,3)4/h10-12H,5-9H2,1-4H3. The second kappa shape index (κ2) is 5.08. The fraction of sp³-hybridized carbons (Fsp3) is 0.929. The van der Waals surface area contributed by atoms with Crippen molar-refractivity contribution in [3.8, 4) is 0 Å². The molecule has 4 nitrogen and oxygen atoms in total. The molecule has 0 aliphatic carbocycles. The van der Waals surface area contributed by atoms with Gasteiger partial charge in [-0.1, -0.05) is 6.92 Å². The second-order valence-corrected chi connectivity index (χ2v) is 6.65. The van der Waals surface area contributed by atoms with Crippen LogP contribution in [0.1, 0.15) is 34.1 Å². The Bertz CT molecular complexity index is 311. The number of hydrogen-bond donors (Lipinski definition) is 0. The molecule has 0 saturated carbocycles. The number of rotatable bonds is 0. The predicted octanol–water partition coefficient (Wildman–Crippen LogP) is 2.53. The molecule has 2 rings (SSSR count). The number of hydrogen-bond acceptors (Lipinski definition) is 3. The fourth-order valence-corrected chi connectivity index (χ4v) is 2.95. The summed E-state index contributed by atoms with van der Waals surface area (Å²) < 4.78 is 11.0. The van der Waals surface area contributed by atoms with E-state index in [0.29, 0.717) is 17.8 Å². The van der Waals surface area contributed by atoms with Crippen molar-refractivity contribution in [2.75, 3.05) is 26.3 Å². The summed E-state index contributed by atoms with van der Waals surface area (Å²) in [5, 5.41) is 0. The Morgan fingerprint density at radius 3 is 2.72 bits per heavy atom. The Hall–Kier alpha value is -0.770. The fourth-order valence-electron chi connectivity index (χ4n) is 2.95. The zero-order valence-electron chi connectivity index (χ0n) is 11.9. The molecule has 2 fully saturated rings. The molecule has 18 heavy (non-hydrogen) atoms. The van der Waals surface area contributed by atoms with Gasteiger partial charge in [0.05, 0.1) is 0 Å². The van der Waals surface area contributed by atoms with Gasteiger partial charge < -0.3 is 14.4 Å². The Labute approximate surface area is 110 Å². The highest BCUT2D eigenvalue weighted by molar-refractivity contribution is 5.68. The van der Waals surface area contributed by atoms with Crippen molar-refractivity contribution in [2.45, 2.75) is 39.7 Å². The molecular formula is C14H25NO3. The average Bonchev–Trinajstić information content (AvgIpc) is 2.59. The lowest BCUT2D eigenvalue weighted by atomic mass is 9.85. The van der Waals surface area contributed by atoms with Gasteiger partial charge in [0.25, 0.3) is 0 Å². The van der Waals surface area contributed by atoms with Gasteiger partial charge in [0.2, 0.25) is 0 Å². The molecule has 2 heterocycles. The van der Waals surface area contributed by atoms with E-state index in [0.717, 1.165) is 32.7 Å². The smallest absolute Gasteiger partial charge is 0.410 e. The van der Waals surface area contributed by atoms with Crippen molar-refractivity contribution < 1.29 is 14.3 Å². The summed E-state index contributed by atoms with van der Waals surface area (Å²) in [4.78, 5) is 13.9. The summed E-state index contributed by atoms with van der Waals surface area (Å²) in [6.07, 6.45) is 0.901. The third kappa shape index (κ3) is 3.16. The van der Waals surface area contributed by atoms with E-state index in [2.05, 4.69) is 6.92 Å². The highest BCUT2D eigenvalue weighted by atomic mass is 16.6. The van der Waals surface area contributed by atoms with E-state index in [1.165, 1.54) is 0 Å².